The summed E-state index contributed by atoms with van der Waals surface area (Å²) < 4.78 is 11.8. The number of allylic oxidation sites excluding steroid dienone is 2. The fourth-order valence-electron chi connectivity index (χ4n) is 5.31. The molecular weight excluding hydrogens is 420 g/mol. The van der Waals surface area contributed by atoms with Crippen LogP contribution in [0, 0.1) is 5.92 Å². The topological polar surface area (TPSA) is 33.7 Å². The predicted molar refractivity (Wildman–Crippen MR) is 140 cm³/mol. The van der Waals surface area contributed by atoms with Crippen molar-refractivity contribution in [2.45, 2.75) is 32.2 Å². The molecule has 0 spiro atoms. The SMILES string of the molecule is CCN(CC)c1ccc(C2Nc3ccc(OCCOc4ccccc4)cc3C3C=CCC32)cc1. The van der Waals surface area contributed by atoms with Crippen molar-refractivity contribution < 1.29 is 9.47 Å². The molecule has 4 nitrogen and oxygen atoms in total. The van der Waals surface area contributed by atoms with Crippen LogP contribution in [0.2, 0.25) is 0 Å². The van der Waals surface area contributed by atoms with E-state index in [0.717, 1.165) is 31.0 Å². The van der Waals surface area contributed by atoms with E-state index in [4.69, 9.17) is 9.47 Å². The molecule has 3 unspecified atom stereocenters. The van der Waals surface area contributed by atoms with Crippen LogP contribution in [0.1, 0.15) is 43.4 Å². The molecule has 0 saturated carbocycles. The van der Waals surface area contributed by atoms with Gasteiger partial charge in [-0.1, -0.05) is 42.5 Å². The summed E-state index contributed by atoms with van der Waals surface area (Å²) >= 11 is 0. The van der Waals surface area contributed by atoms with Crippen molar-refractivity contribution in [3.8, 4) is 11.5 Å². The van der Waals surface area contributed by atoms with Gasteiger partial charge in [-0.3, -0.25) is 0 Å². The molecule has 4 heteroatoms. The van der Waals surface area contributed by atoms with Gasteiger partial charge in [-0.15, -0.1) is 0 Å². The highest BCUT2D eigenvalue weighted by Crippen LogP contribution is 2.50. The second-order valence-corrected chi connectivity index (χ2v) is 9.00. The van der Waals surface area contributed by atoms with Crippen LogP contribution in [0.15, 0.2) is 84.9 Å². The molecule has 0 bridgehead atoms. The molecule has 2 aliphatic rings. The molecule has 3 aromatic rings. The van der Waals surface area contributed by atoms with E-state index in [1.807, 2.05) is 30.3 Å². The third kappa shape index (κ3) is 4.63. The van der Waals surface area contributed by atoms with Gasteiger partial charge < -0.3 is 19.7 Å². The lowest BCUT2D eigenvalue weighted by atomic mass is 9.77. The van der Waals surface area contributed by atoms with E-state index in [9.17, 15) is 0 Å². The number of para-hydroxylation sites is 1. The Hall–Kier alpha value is -3.40. The largest absolute Gasteiger partial charge is 0.490 e. The molecule has 5 rings (SSSR count). The fourth-order valence-corrected chi connectivity index (χ4v) is 5.31. The van der Waals surface area contributed by atoms with Crippen molar-refractivity contribution in [1.29, 1.82) is 0 Å². The summed E-state index contributed by atoms with van der Waals surface area (Å²) in [6, 6.07) is 25.8. The van der Waals surface area contributed by atoms with Crippen LogP contribution < -0.4 is 19.7 Å². The summed E-state index contributed by atoms with van der Waals surface area (Å²) in [5.41, 5.74) is 5.19. The number of benzene rings is 3. The smallest absolute Gasteiger partial charge is 0.122 e. The van der Waals surface area contributed by atoms with Crippen LogP contribution in [0.3, 0.4) is 0 Å². The number of fused-ring (bicyclic) bond motifs is 3. The Morgan fingerprint density at radius 3 is 2.32 bits per heavy atom. The summed E-state index contributed by atoms with van der Waals surface area (Å²) in [6.45, 7) is 7.52. The summed E-state index contributed by atoms with van der Waals surface area (Å²) in [4.78, 5) is 2.39. The van der Waals surface area contributed by atoms with Crippen molar-refractivity contribution in [3.05, 3.63) is 96.1 Å². The fraction of sp³-hybridized carbons (Fsp3) is 0.333. The zero-order chi connectivity index (χ0) is 23.3. The Morgan fingerprint density at radius 1 is 0.853 bits per heavy atom. The molecule has 3 aromatic carbocycles. The molecule has 0 fully saturated rings. The van der Waals surface area contributed by atoms with Crippen LogP contribution in [0.4, 0.5) is 11.4 Å². The molecule has 1 N–H and O–H groups in total. The highest BCUT2D eigenvalue weighted by atomic mass is 16.5. The lowest BCUT2D eigenvalue weighted by Gasteiger charge is -2.38. The molecule has 0 amide bonds. The minimum atomic E-state index is 0.310. The van der Waals surface area contributed by atoms with Gasteiger partial charge in [0.05, 0.1) is 6.04 Å². The van der Waals surface area contributed by atoms with E-state index in [0.29, 0.717) is 31.1 Å². The quantitative estimate of drug-likeness (QED) is 0.284. The monoisotopic (exact) mass is 454 g/mol. The molecule has 0 aromatic heterocycles. The number of rotatable bonds is 9. The van der Waals surface area contributed by atoms with Crippen molar-refractivity contribution in [1.82, 2.24) is 0 Å². The average Bonchev–Trinajstić information content (AvgIpc) is 3.38. The average molecular weight is 455 g/mol. The summed E-state index contributed by atoms with van der Waals surface area (Å²) in [6.07, 6.45) is 5.81. The predicted octanol–water partition coefficient (Wildman–Crippen LogP) is 6.82. The molecule has 3 atom stereocenters. The Morgan fingerprint density at radius 2 is 1.59 bits per heavy atom. The van der Waals surface area contributed by atoms with Crippen LogP contribution in [0.5, 0.6) is 11.5 Å². The standard InChI is InChI=1S/C30H34N2O2/c1-3-32(4-2)23-15-13-22(14-16-23)30-27-12-8-11-26(27)28-21-25(17-18-29(28)31-30)34-20-19-33-24-9-6-5-7-10-24/h5-11,13-18,21,26-27,30-31H,3-4,12,19-20H2,1-2H3. The molecule has 1 aliphatic heterocycles. The molecule has 1 heterocycles. The highest BCUT2D eigenvalue weighted by molar-refractivity contribution is 5.62. The Bertz CT molecular complexity index is 1110. The number of anilines is 2. The molecule has 0 saturated heterocycles. The molecule has 0 radical (unpaired) electrons. The van der Waals surface area contributed by atoms with E-state index in [1.165, 1.54) is 22.5 Å². The van der Waals surface area contributed by atoms with Crippen molar-refractivity contribution >= 4 is 11.4 Å². The maximum absolute atomic E-state index is 6.03. The Balaban J connectivity index is 1.28. The normalized spacial score (nSPS) is 20.2. The highest BCUT2D eigenvalue weighted by Gasteiger charge is 2.38. The van der Waals surface area contributed by atoms with Gasteiger partial charge in [0.25, 0.3) is 0 Å². The summed E-state index contributed by atoms with van der Waals surface area (Å²) in [5.74, 6) is 2.70. The third-order valence-corrected chi connectivity index (χ3v) is 7.08. The maximum Gasteiger partial charge on any atom is 0.122 e. The van der Waals surface area contributed by atoms with E-state index in [1.54, 1.807) is 0 Å². The van der Waals surface area contributed by atoms with Gasteiger partial charge in [0.2, 0.25) is 0 Å². The minimum absolute atomic E-state index is 0.310. The van der Waals surface area contributed by atoms with Crippen LogP contribution in [0.25, 0.3) is 0 Å². The molecule has 1 aliphatic carbocycles. The van der Waals surface area contributed by atoms with Crippen LogP contribution in [-0.4, -0.2) is 26.3 Å². The van der Waals surface area contributed by atoms with Crippen molar-refractivity contribution in [2.75, 3.05) is 36.5 Å². The van der Waals surface area contributed by atoms with Crippen molar-refractivity contribution in [2.24, 2.45) is 5.92 Å². The van der Waals surface area contributed by atoms with Gasteiger partial charge in [0, 0.05) is 30.4 Å². The Kier molecular flexibility index (Phi) is 6.75. The van der Waals surface area contributed by atoms with Crippen LogP contribution in [-0.2, 0) is 0 Å². The first-order valence-corrected chi connectivity index (χ1v) is 12.5. The number of ether oxygens (including phenoxy) is 2. The van der Waals surface area contributed by atoms with E-state index < -0.39 is 0 Å². The summed E-state index contributed by atoms with van der Waals surface area (Å²) in [5, 5.41) is 3.84. The number of nitrogens with zero attached hydrogens (tertiary/aromatic N) is 1. The lowest BCUT2D eigenvalue weighted by molar-refractivity contribution is 0.217. The molecule has 176 valence electrons. The minimum Gasteiger partial charge on any atom is -0.490 e. The van der Waals surface area contributed by atoms with Gasteiger partial charge in [-0.25, -0.2) is 0 Å². The van der Waals surface area contributed by atoms with Gasteiger partial charge >= 0.3 is 0 Å². The van der Waals surface area contributed by atoms with Gasteiger partial charge in [-0.2, -0.15) is 0 Å². The zero-order valence-electron chi connectivity index (χ0n) is 20.1. The second-order valence-electron chi connectivity index (χ2n) is 9.00. The third-order valence-electron chi connectivity index (χ3n) is 7.08. The molecular formula is C30H34N2O2. The van der Waals surface area contributed by atoms with Crippen LogP contribution >= 0.6 is 0 Å². The van der Waals surface area contributed by atoms with Gasteiger partial charge in [0.1, 0.15) is 24.7 Å². The maximum atomic E-state index is 6.03. The lowest BCUT2D eigenvalue weighted by Crippen LogP contribution is -2.29. The van der Waals surface area contributed by atoms with Gasteiger partial charge in [-0.05, 0) is 79.8 Å². The zero-order valence-corrected chi connectivity index (χ0v) is 20.1. The van der Waals surface area contributed by atoms with E-state index in [-0.39, 0.29) is 0 Å². The second kappa shape index (κ2) is 10.3. The number of hydrogen-bond donors (Lipinski definition) is 1. The first-order valence-electron chi connectivity index (χ1n) is 12.5. The molecule has 34 heavy (non-hydrogen) atoms. The first-order chi connectivity index (χ1) is 16.8. The summed E-state index contributed by atoms with van der Waals surface area (Å²) in [7, 11) is 0. The first kappa shape index (κ1) is 22.4. The number of hydrogen-bond acceptors (Lipinski definition) is 4. The van der Waals surface area contributed by atoms with E-state index in [2.05, 4.69) is 78.7 Å². The number of nitrogens with one attached hydrogen (secondary N) is 1. The van der Waals surface area contributed by atoms with E-state index >= 15 is 0 Å². The van der Waals surface area contributed by atoms with Gasteiger partial charge in [0.15, 0.2) is 0 Å². The Labute approximate surface area is 203 Å². The van der Waals surface area contributed by atoms with Crippen molar-refractivity contribution in [3.63, 3.8) is 0 Å².